The van der Waals surface area contributed by atoms with Crippen molar-refractivity contribution in [2.24, 2.45) is 0 Å². The van der Waals surface area contributed by atoms with E-state index >= 15 is 0 Å². The van der Waals surface area contributed by atoms with E-state index in [9.17, 15) is 9.90 Å². The number of nitrogens with one attached hydrogen (secondary N) is 1. The topological polar surface area (TPSA) is 84.8 Å². The summed E-state index contributed by atoms with van der Waals surface area (Å²) in [4.78, 5) is 28.5. The molecule has 1 saturated heterocycles. The summed E-state index contributed by atoms with van der Waals surface area (Å²) in [6, 6.07) is 14.1. The molecule has 3 aliphatic heterocycles. The third-order valence-electron chi connectivity index (χ3n) is 6.85. The van der Waals surface area contributed by atoms with Gasteiger partial charge in [-0.1, -0.05) is 12.1 Å². The van der Waals surface area contributed by atoms with Crippen LogP contribution in [0.1, 0.15) is 28.8 Å². The van der Waals surface area contributed by atoms with Crippen LogP contribution in [0.4, 0.5) is 34.5 Å². The second kappa shape index (κ2) is 7.74. The minimum Gasteiger partial charge on any atom is -0.393 e. The Labute approximate surface area is 192 Å². The monoisotopic (exact) mass is 442 g/mol. The Morgan fingerprint density at radius 2 is 1.85 bits per heavy atom. The molecule has 168 valence electrons. The minimum absolute atomic E-state index is 0.0392. The van der Waals surface area contributed by atoms with Gasteiger partial charge in [0.1, 0.15) is 5.69 Å². The maximum Gasteiger partial charge on any atom is 0.260 e. The Morgan fingerprint density at radius 3 is 2.64 bits per heavy atom. The molecular formula is C25H26N6O2. The van der Waals surface area contributed by atoms with E-state index in [1.807, 2.05) is 24.3 Å². The van der Waals surface area contributed by atoms with Gasteiger partial charge in [-0.3, -0.25) is 4.79 Å². The number of amides is 1. The lowest BCUT2D eigenvalue weighted by Crippen LogP contribution is -2.35. The highest BCUT2D eigenvalue weighted by Crippen LogP contribution is 2.44. The molecule has 8 heteroatoms. The van der Waals surface area contributed by atoms with Crippen molar-refractivity contribution >= 4 is 40.4 Å². The van der Waals surface area contributed by atoms with E-state index in [2.05, 4.69) is 38.3 Å². The molecule has 3 aromatic rings. The van der Waals surface area contributed by atoms with Gasteiger partial charge in [-0.05, 0) is 55.2 Å². The zero-order valence-electron chi connectivity index (χ0n) is 18.5. The van der Waals surface area contributed by atoms with Gasteiger partial charge in [-0.15, -0.1) is 0 Å². The number of piperidine rings is 1. The Hall–Kier alpha value is -3.65. The van der Waals surface area contributed by atoms with Gasteiger partial charge in [0, 0.05) is 38.1 Å². The molecule has 0 atom stereocenters. The van der Waals surface area contributed by atoms with Gasteiger partial charge < -0.3 is 25.1 Å². The van der Waals surface area contributed by atoms with Gasteiger partial charge in [0.05, 0.1) is 23.6 Å². The van der Waals surface area contributed by atoms with Crippen molar-refractivity contribution in [3.63, 3.8) is 0 Å². The lowest BCUT2D eigenvalue weighted by molar-refractivity contribution is 0.0994. The molecule has 6 rings (SSSR count). The first-order valence-corrected chi connectivity index (χ1v) is 11.4. The van der Waals surface area contributed by atoms with Gasteiger partial charge >= 0.3 is 0 Å². The van der Waals surface area contributed by atoms with Crippen molar-refractivity contribution in [3.8, 4) is 0 Å². The van der Waals surface area contributed by atoms with Gasteiger partial charge in [0.25, 0.3) is 5.91 Å². The van der Waals surface area contributed by atoms with Crippen molar-refractivity contribution in [1.29, 1.82) is 0 Å². The molecule has 4 heterocycles. The fraction of sp³-hybridized carbons (Fsp3) is 0.320. The lowest BCUT2D eigenvalue weighted by atomic mass is 10.1. The molecule has 2 aromatic carbocycles. The van der Waals surface area contributed by atoms with Crippen LogP contribution in [0.5, 0.6) is 0 Å². The lowest BCUT2D eigenvalue weighted by Gasteiger charge is -2.31. The number of benzene rings is 2. The largest absolute Gasteiger partial charge is 0.393 e. The molecule has 1 amide bonds. The molecule has 0 bridgehead atoms. The summed E-state index contributed by atoms with van der Waals surface area (Å²) in [6.07, 6.45) is 4.05. The van der Waals surface area contributed by atoms with Crippen LogP contribution < -0.4 is 20.0 Å². The van der Waals surface area contributed by atoms with E-state index in [0.29, 0.717) is 17.2 Å². The van der Waals surface area contributed by atoms with Gasteiger partial charge in [0.15, 0.2) is 5.82 Å². The standard InChI is InChI=1S/C25H26N6O2/c1-29-21-15-26-25(27-17-5-7-18(8-6-17)30-12-10-19(32)11-13-30)28-23(21)31-14-9-16-3-2-4-20(22(16)31)24(29)33/h2-8,15,19,32H,9-14H2,1H3,(H,26,27,28). The summed E-state index contributed by atoms with van der Waals surface area (Å²) in [6.45, 7) is 2.52. The van der Waals surface area contributed by atoms with Gasteiger partial charge in [-0.25, -0.2) is 4.98 Å². The second-order valence-electron chi connectivity index (χ2n) is 8.87. The number of fused-ring (bicyclic) bond motifs is 2. The number of aliphatic hydroxyl groups excluding tert-OH is 1. The second-order valence-corrected chi connectivity index (χ2v) is 8.87. The maximum absolute atomic E-state index is 13.1. The molecule has 1 aromatic heterocycles. The van der Waals surface area contributed by atoms with Crippen molar-refractivity contribution < 1.29 is 9.90 Å². The maximum atomic E-state index is 13.1. The first kappa shape index (κ1) is 20.0. The number of anilines is 6. The number of rotatable bonds is 3. The van der Waals surface area contributed by atoms with E-state index in [0.717, 1.165) is 61.8 Å². The Morgan fingerprint density at radius 1 is 1.06 bits per heavy atom. The molecule has 2 N–H and O–H groups in total. The number of carbonyl (C=O) groups is 1. The van der Waals surface area contributed by atoms with Crippen LogP contribution in [0, 0.1) is 0 Å². The number of aliphatic hydroxyl groups is 1. The summed E-state index contributed by atoms with van der Waals surface area (Å²) in [5.74, 6) is 1.20. The third kappa shape index (κ3) is 3.38. The smallest absolute Gasteiger partial charge is 0.260 e. The van der Waals surface area contributed by atoms with Crippen LogP contribution >= 0.6 is 0 Å². The van der Waals surface area contributed by atoms with E-state index in [1.165, 1.54) is 5.56 Å². The van der Waals surface area contributed by atoms with Crippen LogP contribution in [0.2, 0.25) is 0 Å². The molecule has 3 aliphatic rings. The van der Waals surface area contributed by atoms with E-state index in [-0.39, 0.29) is 12.0 Å². The molecule has 0 saturated carbocycles. The SMILES string of the molecule is CN1C(=O)c2cccc3c2N(CC3)c2nc(Nc3ccc(N4CCC(O)CC4)cc3)ncc21. The Bertz CT molecular complexity index is 1220. The summed E-state index contributed by atoms with van der Waals surface area (Å²) in [5.41, 5.74) is 5.61. The van der Waals surface area contributed by atoms with Gasteiger partial charge in [0.2, 0.25) is 5.95 Å². The number of carbonyl (C=O) groups excluding carboxylic acids is 1. The predicted molar refractivity (Wildman–Crippen MR) is 129 cm³/mol. The van der Waals surface area contributed by atoms with Crippen molar-refractivity contribution in [3.05, 3.63) is 59.8 Å². The first-order chi connectivity index (χ1) is 16.1. The molecule has 0 aliphatic carbocycles. The van der Waals surface area contributed by atoms with Crippen LogP contribution in [0.25, 0.3) is 0 Å². The fourth-order valence-electron chi connectivity index (χ4n) is 5.00. The average molecular weight is 443 g/mol. The molecule has 0 radical (unpaired) electrons. The van der Waals surface area contributed by atoms with E-state index < -0.39 is 0 Å². The van der Waals surface area contributed by atoms with E-state index in [1.54, 1.807) is 18.1 Å². The highest BCUT2D eigenvalue weighted by atomic mass is 16.3. The average Bonchev–Trinajstić information content (AvgIpc) is 3.25. The Balaban J connectivity index is 1.28. The van der Waals surface area contributed by atoms with Crippen molar-refractivity contribution in [2.45, 2.75) is 25.4 Å². The summed E-state index contributed by atoms with van der Waals surface area (Å²) < 4.78 is 0. The summed E-state index contributed by atoms with van der Waals surface area (Å²) in [7, 11) is 1.78. The van der Waals surface area contributed by atoms with Crippen molar-refractivity contribution in [1.82, 2.24) is 9.97 Å². The van der Waals surface area contributed by atoms with Crippen LogP contribution in [0.15, 0.2) is 48.7 Å². The first-order valence-electron chi connectivity index (χ1n) is 11.4. The van der Waals surface area contributed by atoms with Crippen LogP contribution in [-0.4, -0.2) is 53.8 Å². The normalized spacial score (nSPS) is 17.6. The van der Waals surface area contributed by atoms with Gasteiger partial charge in [-0.2, -0.15) is 4.98 Å². The molecule has 1 fully saturated rings. The number of para-hydroxylation sites is 1. The highest BCUT2D eigenvalue weighted by molar-refractivity contribution is 6.14. The fourth-order valence-corrected chi connectivity index (χ4v) is 5.00. The predicted octanol–water partition coefficient (Wildman–Crippen LogP) is 3.47. The Kier molecular flexibility index (Phi) is 4.69. The number of nitrogens with zero attached hydrogens (tertiary/aromatic N) is 5. The third-order valence-corrected chi connectivity index (χ3v) is 6.85. The minimum atomic E-state index is -0.180. The molecule has 33 heavy (non-hydrogen) atoms. The number of hydrogen-bond donors (Lipinski definition) is 2. The zero-order chi connectivity index (χ0) is 22.5. The molecule has 0 unspecified atom stereocenters. The van der Waals surface area contributed by atoms with Crippen molar-refractivity contribution in [2.75, 3.05) is 46.7 Å². The quantitative estimate of drug-likeness (QED) is 0.643. The molecule has 8 nitrogen and oxygen atoms in total. The van der Waals surface area contributed by atoms with Crippen LogP contribution in [0.3, 0.4) is 0 Å². The summed E-state index contributed by atoms with van der Waals surface area (Å²) in [5, 5.41) is 13.0. The van der Waals surface area contributed by atoms with Crippen LogP contribution in [-0.2, 0) is 6.42 Å². The van der Waals surface area contributed by atoms with E-state index in [4.69, 9.17) is 4.98 Å². The molecular weight excluding hydrogens is 416 g/mol. The number of aromatic nitrogens is 2. The zero-order valence-corrected chi connectivity index (χ0v) is 18.5. The molecule has 0 spiro atoms. The number of hydrogen-bond acceptors (Lipinski definition) is 7. The highest BCUT2D eigenvalue weighted by Gasteiger charge is 2.35. The summed E-state index contributed by atoms with van der Waals surface area (Å²) >= 11 is 0.